The molecule has 0 bridgehead atoms. The van der Waals surface area contributed by atoms with Gasteiger partial charge in [0.1, 0.15) is 43.0 Å². The van der Waals surface area contributed by atoms with Gasteiger partial charge in [-0.05, 0) is 56.6 Å². The van der Waals surface area contributed by atoms with Crippen LogP contribution >= 0.6 is 11.6 Å². The quantitative estimate of drug-likeness (QED) is 0.305. The fourth-order valence-corrected chi connectivity index (χ4v) is 4.60. The molecule has 0 saturated carbocycles. The van der Waals surface area contributed by atoms with Crippen molar-refractivity contribution in [3.05, 3.63) is 77.8 Å². The van der Waals surface area contributed by atoms with Gasteiger partial charge in [-0.25, -0.2) is 9.97 Å². The van der Waals surface area contributed by atoms with Gasteiger partial charge in [0.15, 0.2) is 0 Å². The van der Waals surface area contributed by atoms with Crippen molar-refractivity contribution in [2.24, 2.45) is 0 Å². The molecule has 1 N–H and O–H groups in total. The van der Waals surface area contributed by atoms with E-state index in [1.165, 1.54) is 6.33 Å². The molecule has 1 aliphatic heterocycles. The predicted molar refractivity (Wildman–Crippen MR) is 153 cm³/mol. The minimum absolute atomic E-state index is 0.0789. The molecule has 208 valence electrons. The SMILES string of the molecule is CN(C)CC(=O)N1CCO[C@@H](COc2cccc3ncnc(Nc4ccc(OCc5ccccn5)c(Cl)c4)c23)C1. The van der Waals surface area contributed by atoms with Gasteiger partial charge in [0, 0.05) is 18.4 Å². The molecule has 4 aromatic rings. The molecule has 2 aromatic heterocycles. The molecule has 40 heavy (non-hydrogen) atoms. The van der Waals surface area contributed by atoms with Gasteiger partial charge < -0.3 is 29.3 Å². The lowest BCUT2D eigenvalue weighted by Gasteiger charge is -2.33. The van der Waals surface area contributed by atoms with E-state index < -0.39 is 0 Å². The van der Waals surface area contributed by atoms with Crippen LogP contribution in [0.15, 0.2) is 67.1 Å². The van der Waals surface area contributed by atoms with Crippen LogP contribution in [0.2, 0.25) is 5.02 Å². The minimum Gasteiger partial charge on any atom is -0.490 e. The molecule has 0 unspecified atom stereocenters. The maximum Gasteiger partial charge on any atom is 0.236 e. The molecular formula is C29H31ClN6O4. The summed E-state index contributed by atoms with van der Waals surface area (Å²) in [4.78, 5) is 29.4. The number of halogens is 1. The minimum atomic E-state index is -0.242. The van der Waals surface area contributed by atoms with Crippen molar-refractivity contribution in [1.82, 2.24) is 24.8 Å². The number of anilines is 2. The molecule has 1 atom stereocenters. The van der Waals surface area contributed by atoms with Gasteiger partial charge in [-0.1, -0.05) is 23.7 Å². The first kappa shape index (κ1) is 27.6. The van der Waals surface area contributed by atoms with Gasteiger partial charge in [0.05, 0.1) is 41.3 Å². The Morgan fingerprint density at radius 2 is 2.00 bits per heavy atom. The van der Waals surface area contributed by atoms with E-state index in [0.717, 1.165) is 22.3 Å². The van der Waals surface area contributed by atoms with Crippen LogP contribution in [0.3, 0.4) is 0 Å². The van der Waals surface area contributed by atoms with E-state index in [4.69, 9.17) is 25.8 Å². The summed E-state index contributed by atoms with van der Waals surface area (Å²) in [6.45, 7) is 2.50. The van der Waals surface area contributed by atoms with Crippen LogP contribution in [0.25, 0.3) is 10.9 Å². The highest BCUT2D eigenvalue weighted by Gasteiger charge is 2.25. The molecule has 1 aliphatic rings. The summed E-state index contributed by atoms with van der Waals surface area (Å²) in [7, 11) is 3.76. The molecule has 1 amide bonds. The smallest absolute Gasteiger partial charge is 0.236 e. The van der Waals surface area contributed by atoms with E-state index in [-0.39, 0.29) is 18.6 Å². The second kappa shape index (κ2) is 12.9. The number of carbonyl (C=O) groups is 1. The van der Waals surface area contributed by atoms with Crippen molar-refractivity contribution >= 4 is 39.9 Å². The van der Waals surface area contributed by atoms with E-state index >= 15 is 0 Å². The number of pyridine rings is 1. The van der Waals surface area contributed by atoms with Gasteiger partial charge >= 0.3 is 0 Å². The van der Waals surface area contributed by atoms with Crippen LogP contribution in [0, 0.1) is 0 Å². The number of ether oxygens (including phenoxy) is 3. The van der Waals surface area contributed by atoms with E-state index in [1.54, 1.807) is 18.3 Å². The van der Waals surface area contributed by atoms with E-state index in [2.05, 4.69) is 20.3 Å². The van der Waals surface area contributed by atoms with Crippen LogP contribution in [-0.4, -0.2) is 83.7 Å². The normalized spacial score (nSPS) is 15.3. The average molecular weight is 563 g/mol. The molecule has 1 saturated heterocycles. The fourth-order valence-electron chi connectivity index (χ4n) is 4.36. The monoisotopic (exact) mass is 562 g/mol. The second-order valence-corrected chi connectivity index (χ2v) is 10.0. The fraction of sp³-hybridized carbons (Fsp3) is 0.310. The first-order valence-corrected chi connectivity index (χ1v) is 13.3. The molecule has 10 nitrogen and oxygen atoms in total. The Hall–Kier alpha value is -3.99. The summed E-state index contributed by atoms with van der Waals surface area (Å²) in [5.74, 6) is 1.82. The zero-order valence-corrected chi connectivity index (χ0v) is 23.2. The molecular weight excluding hydrogens is 532 g/mol. The third kappa shape index (κ3) is 6.95. The van der Waals surface area contributed by atoms with Crippen molar-refractivity contribution in [3.8, 4) is 11.5 Å². The number of nitrogens with zero attached hydrogens (tertiary/aromatic N) is 5. The molecule has 0 radical (unpaired) electrons. The number of morpholine rings is 1. The van der Waals surface area contributed by atoms with Crippen LogP contribution in [0.1, 0.15) is 5.69 Å². The van der Waals surface area contributed by atoms with Crippen molar-refractivity contribution in [2.45, 2.75) is 12.7 Å². The molecule has 11 heteroatoms. The molecule has 0 spiro atoms. The van der Waals surface area contributed by atoms with Gasteiger partial charge in [0.2, 0.25) is 5.91 Å². The highest BCUT2D eigenvalue weighted by atomic mass is 35.5. The number of likely N-dealkylation sites (N-methyl/N-ethyl adjacent to an activating group) is 1. The largest absolute Gasteiger partial charge is 0.490 e. The van der Waals surface area contributed by atoms with Gasteiger partial charge in [-0.2, -0.15) is 0 Å². The van der Waals surface area contributed by atoms with Crippen molar-refractivity contribution < 1.29 is 19.0 Å². The Kier molecular flexibility index (Phi) is 8.90. The lowest BCUT2D eigenvalue weighted by atomic mass is 10.2. The Bertz CT molecular complexity index is 1450. The standard InChI is InChI=1S/C29H31ClN6O4/c1-35(2)16-27(37)36-12-13-38-22(15-36)18-40-26-8-5-7-24-28(26)29(33-19-32-24)34-20-9-10-25(23(30)14-20)39-17-21-6-3-4-11-31-21/h3-11,14,19,22H,12-13,15-18H2,1-2H3,(H,32,33,34)/t22-/m1/s1. The number of hydrogen-bond acceptors (Lipinski definition) is 9. The number of rotatable bonds is 10. The highest BCUT2D eigenvalue weighted by Crippen LogP contribution is 2.34. The zero-order chi connectivity index (χ0) is 27.9. The number of aromatic nitrogens is 3. The summed E-state index contributed by atoms with van der Waals surface area (Å²) >= 11 is 6.52. The van der Waals surface area contributed by atoms with Crippen molar-refractivity contribution in [2.75, 3.05) is 52.3 Å². The first-order chi connectivity index (χ1) is 19.5. The van der Waals surface area contributed by atoms with Crippen LogP contribution in [0.5, 0.6) is 11.5 Å². The predicted octanol–water partition coefficient (Wildman–Crippen LogP) is 4.17. The van der Waals surface area contributed by atoms with Crippen LogP contribution in [0.4, 0.5) is 11.5 Å². The number of amides is 1. The Morgan fingerprint density at radius 1 is 1.10 bits per heavy atom. The van der Waals surface area contributed by atoms with E-state index in [0.29, 0.717) is 55.2 Å². The Labute approximate surface area is 237 Å². The van der Waals surface area contributed by atoms with Gasteiger partial charge in [-0.3, -0.25) is 9.78 Å². The van der Waals surface area contributed by atoms with Gasteiger partial charge in [0.25, 0.3) is 0 Å². The summed E-state index contributed by atoms with van der Waals surface area (Å²) in [6, 6.07) is 16.8. The zero-order valence-electron chi connectivity index (χ0n) is 22.4. The third-order valence-electron chi connectivity index (χ3n) is 6.29. The Balaban J connectivity index is 1.28. The number of nitrogens with one attached hydrogen (secondary N) is 1. The van der Waals surface area contributed by atoms with Gasteiger partial charge in [-0.15, -0.1) is 0 Å². The highest BCUT2D eigenvalue weighted by molar-refractivity contribution is 6.32. The Morgan fingerprint density at radius 3 is 2.80 bits per heavy atom. The summed E-state index contributed by atoms with van der Waals surface area (Å²) < 4.78 is 17.9. The molecule has 3 heterocycles. The second-order valence-electron chi connectivity index (χ2n) is 9.63. The molecule has 1 fully saturated rings. The van der Waals surface area contributed by atoms with Crippen molar-refractivity contribution in [1.29, 1.82) is 0 Å². The topological polar surface area (TPSA) is 102 Å². The maximum atomic E-state index is 12.5. The lowest BCUT2D eigenvalue weighted by molar-refractivity contribution is -0.140. The number of carbonyl (C=O) groups excluding carboxylic acids is 1. The number of benzene rings is 2. The molecule has 0 aliphatic carbocycles. The molecule has 5 rings (SSSR count). The third-order valence-corrected chi connectivity index (χ3v) is 6.58. The lowest BCUT2D eigenvalue weighted by Crippen LogP contribution is -2.49. The first-order valence-electron chi connectivity index (χ1n) is 13.0. The van der Waals surface area contributed by atoms with Crippen LogP contribution < -0.4 is 14.8 Å². The average Bonchev–Trinajstić information content (AvgIpc) is 2.96. The summed E-state index contributed by atoms with van der Waals surface area (Å²) in [5, 5.41) is 4.52. The maximum absolute atomic E-state index is 12.5. The summed E-state index contributed by atoms with van der Waals surface area (Å²) in [5.41, 5.74) is 2.27. The van der Waals surface area contributed by atoms with E-state index in [1.807, 2.05) is 66.4 Å². The van der Waals surface area contributed by atoms with E-state index in [9.17, 15) is 4.79 Å². The summed E-state index contributed by atoms with van der Waals surface area (Å²) in [6.07, 6.45) is 2.98. The number of hydrogen-bond donors (Lipinski definition) is 1. The van der Waals surface area contributed by atoms with Crippen LogP contribution in [-0.2, 0) is 16.1 Å². The number of fused-ring (bicyclic) bond motifs is 1. The molecule has 2 aromatic carbocycles. The van der Waals surface area contributed by atoms with Crippen molar-refractivity contribution in [3.63, 3.8) is 0 Å².